The summed E-state index contributed by atoms with van der Waals surface area (Å²) >= 11 is 0. The van der Waals surface area contributed by atoms with Gasteiger partial charge >= 0.3 is 6.18 Å². The van der Waals surface area contributed by atoms with Crippen molar-refractivity contribution in [2.45, 2.75) is 25.4 Å². The molecule has 0 saturated carbocycles. The fraction of sp³-hybridized carbons (Fsp3) is 0.304. The largest absolute Gasteiger partial charge is 0.416 e. The highest BCUT2D eigenvalue weighted by molar-refractivity contribution is 5.93. The zero-order valence-electron chi connectivity index (χ0n) is 16.3. The number of halogens is 3. The van der Waals surface area contributed by atoms with E-state index in [1.807, 2.05) is 35.3 Å². The number of hydrogen-bond acceptors (Lipinski definition) is 3. The zero-order valence-corrected chi connectivity index (χ0v) is 16.3. The van der Waals surface area contributed by atoms with E-state index >= 15 is 0 Å². The van der Waals surface area contributed by atoms with Crippen LogP contribution in [0.3, 0.4) is 0 Å². The van der Waals surface area contributed by atoms with Crippen molar-refractivity contribution in [2.75, 3.05) is 23.3 Å². The average Bonchev–Trinajstić information content (AvgIpc) is 2.98. The first-order valence-electron chi connectivity index (χ1n) is 9.96. The smallest absolute Gasteiger partial charge is 0.371 e. The lowest BCUT2D eigenvalue weighted by Gasteiger charge is -2.33. The Labute approximate surface area is 173 Å². The van der Waals surface area contributed by atoms with Gasteiger partial charge in [-0.2, -0.15) is 13.2 Å². The Morgan fingerprint density at radius 1 is 1.10 bits per heavy atom. The van der Waals surface area contributed by atoms with E-state index in [-0.39, 0.29) is 11.8 Å². The third kappa shape index (κ3) is 4.56. The van der Waals surface area contributed by atoms with Gasteiger partial charge in [-0.1, -0.05) is 24.3 Å². The topological polar surface area (TPSA) is 45.2 Å². The van der Waals surface area contributed by atoms with Crippen LogP contribution in [0.25, 0.3) is 12.2 Å². The van der Waals surface area contributed by atoms with Crippen LogP contribution < -0.4 is 10.2 Å². The van der Waals surface area contributed by atoms with Gasteiger partial charge < -0.3 is 10.2 Å². The minimum absolute atomic E-state index is 0.0754. The van der Waals surface area contributed by atoms with Crippen LogP contribution in [0.15, 0.2) is 48.7 Å². The SMILES string of the molecule is O=C(Nc1cnc2c(c1)C=CCC=C2)C1CCN(c2cccc(C(F)(F)F)c2)CC1. The van der Waals surface area contributed by atoms with Crippen LogP contribution in [-0.4, -0.2) is 24.0 Å². The standard InChI is InChI=1S/C23H22F3N3O/c24-23(25,26)18-6-4-7-20(14-18)29-11-9-16(10-12-29)22(30)28-19-13-17-5-2-1-3-8-21(17)27-15-19/h2-8,13-16H,1,9-12H2,(H,28,30). The van der Waals surface area contributed by atoms with Crippen molar-refractivity contribution in [3.63, 3.8) is 0 Å². The lowest BCUT2D eigenvalue weighted by Crippen LogP contribution is -2.38. The number of benzene rings is 1. The Morgan fingerprint density at radius 3 is 2.63 bits per heavy atom. The summed E-state index contributed by atoms with van der Waals surface area (Å²) in [5, 5.41) is 2.94. The van der Waals surface area contributed by atoms with E-state index in [9.17, 15) is 18.0 Å². The molecule has 1 amide bonds. The van der Waals surface area contributed by atoms with Gasteiger partial charge in [-0.3, -0.25) is 9.78 Å². The van der Waals surface area contributed by atoms with E-state index in [4.69, 9.17) is 0 Å². The lowest BCUT2D eigenvalue weighted by molar-refractivity contribution is -0.137. The molecule has 0 bridgehead atoms. The molecular weight excluding hydrogens is 391 g/mol. The third-order valence-electron chi connectivity index (χ3n) is 5.47. The summed E-state index contributed by atoms with van der Waals surface area (Å²) in [6.45, 7) is 1.07. The summed E-state index contributed by atoms with van der Waals surface area (Å²) in [5.74, 6) is -0.255. The molecule has 1 aromatic heterocycles. The van der Waals surface area contributed by atoms with Gasteiger partial charge in [0.25, 0.3) is 0 Å². The molecule has 30 heavy (non-hydrogen) atoms. The summed E-state index contributed by atoms with van der Waals surface area (Å²) in [7, 11) is 0. The Bertz CT molecular complexity index is 989. The normalized spacial score (nSPS) is 16.8. The first kappa shape index (κ1) is 20.2. The number of carbonyl (C=O) groups excluding carboxylic acids is 1. The molecule has 2 aliphatic rings. The number of nitrogens with one attached hydrogen (secondary N) is 1. The van der Waals surface area contributed by atoms with E-state index in [1.54, 1.807) is 12.3 Å². The number of aromatic nitrogens is 1. The van der Waals surface area contributed by atoms with Crippen LogP contribution in [0.2, 0.25) is 0 Å². The van der Waals surface area contributed by atoms with Crippen LogP contribution in [0, 0.1) is 5.92 Å². The number of piperidine rings is 1. The molecule has 4 nitrogen and oxygen atoms in total. The molecular formula is C23H22F3N3O. The summed E-state index contributed by atoms with van der Waals surface area (Å²) in [4.78, 5) is 19.0. The number of alkyl halides is 3. The molecule has 2 aromatic rings. The number of anilines is 2. The van der Waals surface area contributed by atoms with Gasteiger partial charge in [0.1, 0.15) is 0 Å². The van der Waals surface area contributed by atoms with Crippen molar-refractivity contribution in [3.8, 4) is 0 Å². The van der Waals surface area contributed by atoms with Gasteiger partial charge in [0.15, 0.2) is 0 Å². The number of amides is 1. The van der Waals surface area contributed by atoms with Gasteiger partial charge in [-0.15, -0.1) is 0 Å². The Kier molecular flexibility index (Phi) is 5.61. The maximum Gasteiger partial charge on any atom is 0.416 e. The molecule has 0 atom stereocenters. The number of carbonyl (C=O) groups is 1. The molecule has 1 fully saturated rings. The zero-order chi connectivity index (χ0) is 21.1. The molecule has 2 heterocycles. The van der Waals surface area contributed by atoms with E-state index in [2.05, 4.69) is 10.3 Å². The van der Waals surface area contributed by atoms with Gasteiger partial charge in [0.2, 0.25) is 5.91 Å². The average molecular weight is 413 g/mol. The second-order valence-electron chi connectivity index (χ2n) is 7.54. The van der Waals surface area contributed by atoms with Crippen molar-refractivity contribution in [2.24, 2.45) is 5.92 Å². The van der Waals surface area contributed by atoms with Crippen LogP contribution in [-0.2, 0) is 11.0 Å². The molecule has 1 aliphatic heterocycles. The summed E-state index contributed by atoms with van der Waals surface area (Å²) < 4.78 is 38.9. The highest BCUT2D eigenvalue weighted by Crippen LogP contribution is 2.33. The molecule has 1 saturated heterocycles. The fourth-order valence-electron chi connectivity index (χ4n) is 3.81. The van der Waals surface area contributed by atoms with Crippen molar-refractivity contribution < 1.29 is 18.0 Å². The van der Waals surface area contributed by atoms with E-state index in [0.29, 0.717) is 37.3 Å². The molecule has 0 radical (unpaired) electrons. The highest BCUT2D eigenvalue weighted by Gasteiger charge is 2.31. The van der Waals surface area contributed by atoms with Crippen molar-refractivity contribution in [1.29, 1.82) is 0 Å². The number of nitrogens with zero attached hydrogens (tertiary/aromatic N) is 2. The van der Waals surface area contributed by atoms with Gasteiger partial charge in [-0.05, 0) is 49.6 Å². The van der Waals surface area contributed by atoms with E-state index in [0.717, 1.165) is 23.7 Å². The van der Waals surface area contributed by atoms with E-state index in [1.165, 1.54) is 12.1 Å². The van der Waals surface area contributed by atoms with Crippen molar-refractivity contribution in [3.05, 3.63) is 65.5 Å². The van der Waals surface area contributed by atoms with Crippen molar-refractivity contribution >= 4 is 29.4 Å². The number of hydrogen-bond donors (Lipinski definition) is 1. The quantitative estimate of drug-likeness (QED) is 0.734. The molecule has 0 spiro atoms. The second-order valence-corrected chi connectivity index (χ2v) is 7.54. The highest BCUT2D eigenvalue weighted by atomic mass is 19.4. The monoisotopic (exact) mass is 413 g/mol. The maximum atomic E-state index is 13.0. The number of allylic oxidation sites excluding steroid dienone is 2. The van der Waals surface area contributed by atoms with Crippen LogP contribution >= 0.6 is 0 Å². The summed E-state index contributed by atoms with van der Waals surface area (Å²) in [6.07, 6.45) is 7.34. The summed E-state index contributed by atoms with van der Waals surface area (Å²) in [5.41, 5.74) is 2.37. The minimum atomic E-state index is -4.36. The molecule has 7 heteroatoms. The Balaban J connectivity index is 1.37. The maximum absolute atomic E-state index is 13.0. The predicted molar refractivity (Wildman–Crippen MR) is 112 cm³/mol. The molecule has 0 unspecified atom stereocenters. The molecule has 1 aliphatic carbocycles. The molecule has 1 aromatic carbocycles. The fourth-order valence-corrected chi connectivity index (χ4v) is 3.81. The van der Waals surface area contributed by atoms with Gasteiger partial charge in [0.05, 0.1) is 23.1 Å². The Hall–Kier alpha value is -3.09. The second kappa shape index (κ2) is 8.34. The molecule has 156 valence electrons. The Morgan fingerprint density at radius 2 is 1.87 bits per heavy atom. The number of fused-ring (bicyclic) bond motifs is 1. The number of pyridine rings is 1. The lowest BCUT2D eigenvalue weighted by atomic mass is 9.95. The minimum Gasteiger partial charge on any atom is -0.371 e. The van der Waals surface area contributed by atoms with Gasteiger partial charge in [0, 0.05) is 30.3 Å². The first-order chi connectivity index (χ1) is 14.4. The van der Waals surface area contributed by atoms with Gasteiger partial charge in [-0.25, -0.2) is 0 Å². The van der Waals surface area contributed by atoms with Crippen molar-refractivity contribution in [1.82, 2.24) is 4.98 Å². The van der Waals surface area contributed by atoms with Crippen LogP contribution in [0.1, 0.15) is 36.1 Å². The molecule has 4 rings (SSSR count). The van der Waals surface area contributed by atoms with Crippen LogP contribution in [0.5, 0.6) is 0 Å². The predicted octanol–water partition coefficient (Wildman–Crippen LogP) is 5.39. The first-order valence-corrected chi connectivity index (χ1v) is 9.96. The van der Waals surface area contributed by atoms with E-state index < -0.39 is 11.7 Å². The summed E-state index contributed by atoms with van der Waals surface area (Å²) in [6, 6.07) is 7.25. The third-order valence-corrected chi connectivity index (χ3v) is 5.47. The number of rotatable bonds is 3. The molecule has 1 N–H and O–H groups in total. The van der Waals surface area contributed by atoms with Crippen LogP contribution in [0.4, 0.5) is 24.5 Å².